The van der Waals surface area contributed by atoms with Gasteiger partial charge < -0.3 is 10.2 Å². The maximum absolute atomic E-state index is 14.0. The van der Waals surface area contributed by atoms with E-state index in [2.05, 4.69) is 5.32 Å². The van der Waals surface area contributed by atoms with Crippen LogP contribution in [0.1, 0.15) is 51.0 Å². The predicted molar refractivity (Wildman–Crippen MR) is 153 cm³/mol. The quantitative estimate of drug-likeness (QED) is 0.244. The fourth-order valence-electron chi connectivity index (χ4n) is 5.71. The summed E-state index contributed by atoms with van der Waals surface area (Å²) >= 11 is 0. The van der Waals surface area contributed by atoms with E-state index in [0.717, 1.165) is 35.9 Å². The molecule has 0 aromatic heterocycles. The van der Waals surface area contributed by atoms with Crippen LogP contribution in [0.5, 0.6) is 0 Å². The van der Waals surface area contributed by atoms with Gasteiger partial charge in [-0.1, -0.05) is 36.4 Å². The Morgan fingerprint density at radius 1 is 0.667 bits per heavy atom. The van der Waals surface area contributed by atoms with Crippen molar-refractivity contribution in [2.75, 3.05) is 53.9 Å². The van der Waals surface area contributed by atoms with Gasteiger partial charge in [0.25, 0.3) is 0 Å². The van der Waals surface area contributed by atoms with Gasteiger partial charge >= 0.3 is 18.5 Å². The second kappa shape index (κ2) is 13.7. The number of alkyl halides is 9. The molecular weight excluding hydrogens is 611 g/mol. The highest BCUT2D eigenvalue weighted by Gasteiger charge is 2.36. The fraction of sp³-hybridized carbons (Fsp3) is 0.438. The standard InChI is InChI=1S/C32H35F9N4/c1-42-28(20-43(2)3)23-8-13-27(32(39,40)41)24(18-23)19-44-14-16-45(17-15-44)29(21-4-9-25(10-5-21)30(33,34)35)22-6-11-26(12-7-22)31(36,37)38/h4-13,18,28-29,42H,14-17,19-20H2,1-3H3. The first kappa shape index (κ1) is 34.7. The van der Waals surface area contributed by atoms with E-state index < -0.39 is 41.3 Å². The SMILES string of the molecule is CNC(CN(C)C)c1ccc(C(F)(F)F)c(CN2CCN(C(c3ccc(C(F)(F)F)cc3)c3ccc(C(F)(F)F)cc3)CC2)c1. The molecule has 3 aromatic carbocycles. The molecule has 3 aromatic rings. The van der Waals surface area contributed by atoms with Crippen molar-refractivity contribution >= 4 is 0 Å². The minimum Gasteiger partial charge on any atom is -0.312 e. The van der Waals surface area contributed by atoms with Gasteiger partial charge in [0, 0.05) is 45.3 Å². The smallest absolute Gasteiger partial charge is 0.312 e. The van der Waals surface area contributed by atoms with Crippen LogP contribution in [0.15, 0.2) is 66.7 Å². The largest absolute Gasteiger partial charge is 0.416 e. The highest BCUT2D eigenvalue weighted by molar-refractivity contribution is 5.38. The van der Waals surface area contributed by atoms with Gasteiger partial charge in [-0.25, -0.2) is 0 Å². The lowest BCUT2D eigenvalue weighted by Gasteiger charge is -2.40. The van der Waals surface area contributed by atoms with Crippen LogP contribution >= 0.6 is 0 Å². The molecule has 0 spiro atoms. The first-order valence-corrected chi connectivity index (χ1v) is 14.3. The van der Waals surface area contributed by atoms with Crippen LogP contribution in [0.25, 0.3) is 0 Å². The number of nitrogens with zero attached hydrogens (tertiary/aromatic N) is 3. The highest BCUT2D eigenvalue weighted by atomic mass is 19.4. The van der Waals surface area contributed by atoms with Gasteiger partial charge in [-0.15, -0.1) is 0 Å². The van der Waals surface area contributed by atoms with E-state index >= 15 is 0 Å². The molecule has 246 valence electrons. The molecule has 1 fully saturated rings. The van der Waals surface area contributed by atoms with Crippen LogP contribution in [-0.4, -0.2) is 68.6 Å². The predicted octanol–water partition coefficient (Wildman–Crippen LogP) is 7.47. The van der Waals surface area contributed by atoms with Crippen LogP contribution in [0.4, 0.5) is 39.5 Å². The Morgan fingerprint density at radius 2 is 1.13 bits per heavy atom. The van der Waals surface area contributed by atoms with Crippen LogP contribution in [-0.2, 0) is 25.1 Å². The molecule has 0 saturated carbocycles. The highest BCUT2D eigenvalue weighted by Crippen LogP contribution is 2.37. The van der Waals surface area contributed by atoms with Crippen molar-refractivity contribution in [3.05, 3.63) is 106 Å². The van der Waals surface area contributed by atoms with Gasteiger partial charge in [-0.05, 0) is 73.7 Å². The van der Waals surface area contributed by atoms with E-state index in [0.29, 0.717) is 43.9 Å². The number of piperazine rings is 1. The first-order valence-electron chi connectivity index (χ1n) is 14.3. The Bertz CT molecular complexity index is 1330. The van der Waals surface area contributed by atoms with Gasteiger partial charge in [-0.3, -0.25) is 9.80 Å². The number of hydrogen-bond acceptors (Lipinski definition) is 4. The number of nitrogens with one attached hydrogen (secondary N) is 1. The normalized spacial score (nSPS) is 16.5. The summed E-state index contributed by atoms with van der Waals surface area (Å²) in [5, 5.41) is 3.14. The zero-order valence-electron chi connectivity index (χ0n) is 25.0. The Hall–Kier alpha value is -3.13. The summed E-state index contributed by atoms with van der Waals surface area (Å²) in [5.74, 6) is 0. The Kier molecular flexibility index (Phi) is 10.6. The van der Waals surface area contributed by atoms with Gasteiger partial charge in [0.1, 0.15) is 0 Å². The van der Waals surface area contributed by atoms with Crippen molar-refractivity contribution in [2.24, 2.45) is 0 Å². The third-order valence-corrected chi connectivity index (χ3v) is 8.01. The lowest BCUT2D eigenvalue weighted by molar-refractivity contribution is -0.139. The molecule has 1 atom stereocenters. The third-order valence-electron chi connectivity index (χ3n) is 8.01. The second-order valence-electron chi connectivity index (χ2n) is 11.5. The Balaban J connectivity index is 1.58. The van der Waals surface area contributed by atoms with E-state index in [1.807, 2.05) is 28.8 Å². The average Bonchev–Trinajstić information content (AvgIpc) is 2.96. The van der Waals surface area contributed by atoms with Crippen LogP contribution in [0.3, 0.4) is 0 Å². The monoisotopic (exact) mass is 646 g/mol. The molecule has 1 heterocycles. The van der Waals surface area contributed by atoms with Crippen molar-refractivity contribution < 1.29 is 39.5 Å². The molecule has 1 saturated heterocycles. The lowest BCUT2D eigenvalue weighted by atomic mass is 9.94. The van der Waals surface area contributed by atoms with Crippen LogP contribution in [0, 0.1) is 0 Å². The number of halogens is 9. The molecular formula is C32H35F9N4. The molecule has 0 bridgehead atoms. The molecule has 4 rings (SSSR count). The lowest BCUT2D eigenvalue weighted by Crippen LogP contribution is -2.47. The number of likely N-dealkylation sites (N-methyl/N-ethyl adjacent to an activating group) is 2. The second-order valence-corrected chi connectivity index (χ2v) is 11.5. The summed E-state index contributed by atoms with van der Waals surface area (Å²) in [6.45, 7) is 1.94. The average molecular weight is 647 g/mol. The number of benzene rings is 3. The molecule has 0 aliphatic carbocycles. The third kappa shape index (κ3) is 8.78. The van der Waals surface area contributed by atoms with E-state index in [4.69, 9.17) is 0 Å². The van der Waals surface area contributed by atoms with E-state index in [1.165, 1.54) is 30.3 Å². The summed E-state index contributed by atoms with van der Waals surface area (Å²) in [6, 6.07) is 12.3. The molecule has 1 unspecified atom stereocenters. The maximum Gasteiger partial charge on any atom is 0.416 e. The zero-order chi connectivity index (χ0) is 33.2. The topological polar surface area (TPSA) is 21.8 Å². The summed E-state index contributed by atoms with van der Waals surface area (Å²) in [4.78, 5) is 5.74. The number of rotatable bonds is 9. The number of hydrogen-bond donors (Lipinski definition) is 1. The first-order chi connectivity index (χ1) is 21.0. The molecule has 1 N–H and O–H groups in total. The van der Waals surface area contributed by atoms with Gasteiger partial charge in [-0.2, -0.15) is 39.5 Å². The van der Waals surface area contributed by atoms with Crippen LogP contribution in [0.2, 0.25) is 0 Å². The van der Waals surface area contributed by atoms with E-state index in [-0.39, 0.29) is 18.2 Å². The minimum atomic E-state index is -4.56. The maximum atomic E-state index is 14.0. The van der Waals surface area contributed by atoms with Crippen molar-refractivity contribution in [3.63, 3.8) is 0 Å². The Labute approximate surface area is 256 Å². The molecule has 13 heteroatoms. The fourth-order valence-corrected chi connectivity index (χ4v) is 5.71. The van der Waals surface area contributed by atoms with Crippen molar-refractivity contribution in [1.29, 1.82) is 0 Å². The molecule has 0 amide bonds. The summed E-state index contributed by atoms with van der Waals surface area (Å²) in [5.41, 5.74) is -0.649. The summed E-state index contributed by atoms with van der Waals surface area (Å²) < 4.78 is 121. The molecule has 4 nitrogen and oxygen atoms in total. The molecule has 1 aliphatic heterocycles. The minimum absolute atomic E-state index is 0.0279. The van der Waals surface area contributed by atoms with Crippen molar-refractivity contribution in [2.45, 2.75) is 37.2 Å². The summed E-state index contributed by atoms with van der Waals surface area (Å²) in [7, 11) is 5.49. The molecule has 0 radical (unpaired) electrons. The molecule has 45 heavy (non-hydrogen) atoms. The van der Waals surface area contributed by atoms with Gasteiger partial charge in [0.05, 0.1) is 22.7 Å². The van der Waals surface area contributed by atoms with Gasteiger partial charge in [0.15, 0.2) is 0 Å². The van der Waals surface area contributed by atoms with Crippen molar-refractivity contribution in [1.82, 2.24) is 20.0 Å². The molecule has 1 aliphatic rings. The van der Waals surface area contributed by atoms with Crippen LogP contribution < -0.4 is 5.32 Å². The van der Waals surface area contributed by atoms with Crippen molar-refractivity contribution in [3.8, 4) is 0 Å². The Morgan fingerprint density at radius 3 is 1.53 bits per heavy atom. The van der Waals surface area contributed by atoms with E-state index in [1.54, 1.807) is 13.1 Å². The van der Waals surface area contributed by atoms with Gasteiger partial charge in [0.2, 0.25) is 0 Å². The zero-order valence-corrected chi connectivity index (χ0v) is 25.0. The van der Waals surface area contributed by atoms with E-state index in [9.17, 15) is 39.5 Å². The summed E-state index contributed by atoms with van der Waals surface area (Å²) in [6.07, 6.45) is -13.7.